The van der Waals surface area contributed by atoms with Gasteiger partial charge in [-0.2, -0.15) is 0 Å². The molecule has 0 aliphatic rings. The molecule has 33 valence electrons. The maximum Gasteiger partial charge on any atom is 6.00 e. The Balaban J connectivity index is 0. The van der Waals surface area contributed by atoms with Gasteiger partial charge in [0.1, 0.15) is 0 Å². The van der Waals surface area contributed by atoms with E-state index in [2.05, 4.69) is 0 Å². The molecule has 5 heavy (non-hydrogen) atoms. The van der Waals surface area contributed by atoms with Crippen LogP contribution in [-0.2, 0) is 28.0 Å². The summed E-state index contributed by atoms with van der Waals surface area (Å²) in [7, 11) is 0. The molecule has 2 N–H and O–H groups in total. The third kappa shape index (κ3) is 188. The molecular weight excluding hydrogens is 119 g/mol. The molecule has 0 aromatic rings. The number of hydrogen-bond donors (Lipinski definition) is 0. The summed E-state index contributed by atoms with van der Waals surface area (Å²) in [5.41, 5.74) is 0. The van der Waals surface area contributed by atoms with Gasteiger partial charge in [-0.25, -0.2) is 0 Å². The zero-order valence-electron chi connectivity index (χ0n) is 2.09. The van der Waals surface area contributed by atoms with Crippen molar-refractivity contribution < 1.29 is 39.0 Å². The summed E-state index contributed by atoms with van der Waals surface area (Å²) >= 11 is 0. The summed E-state index contributed by atoms with van der Waals surface area (Å²) in [6.45, 7) is 0. The average Bonchev–Trinajstić information content (AvgIpc) is 0. The van der Waals surface area contributed by atoms with Crippen LogP contribution in [0.4, 0.5) is 0 Å². The minimum absolute atomic E-state index is 0. The molecule has 0 aromatic heterocycles. The standard InChI is InChI=1S/Mn.2H2O.2O/h;2*1H2;;/q+6;;;2*-2/p-2. The Morgan fingerprint density at radius 1 is 0.600 bits per heavy atom. The Labute approximate surface area is 39.9 Å². The summed E-state index contributed by atoms with van der Waals surface area (Å²) < 4.78 is 0. The predicted octanol–water partition coefficient (Wildman–Crippen LogP) is -0.594. The van der Waals surface area contributed by atoms with Crippen molar-refractivity contribution in [3.63, 3.8) is 0 Å². The van der Waals surface area contributed by atoms with Gasteiger partial charge in [0.05, 0.1) is 0 Å². The van der Waals surface area contributed by atoms with E-state index in [0.29, 0.717) is 0 Å². The van der Waals surface area contributed by atoms with Crippen LogP contribution in [0.1, 0.15) is 0 Å². The van der Waals surface area contributed by atoms with Crippen LogP contribution in [0.25, 0.3) is 0 Å². The molecule has 0 amide bonds. The molecule has 0 spiro atoms. The molecule has 0 rings (SSSR count). The Morgan fingerprint density at radius 2 is 0.600 bits per heavy atom. The zero-order chi connectivity index (χ0) is 0. The SMILES string of the molecule is [Mn+6].[O-2].[O-2].[OH-].[OH-]. The molecule has 0 aliphatic carbocycles. The van der Waals surface area contributed by atoms with Crippen molar-refractivity contribution >= 4 is 0 Å². The minimum Gasteiger partial charge on any atom is -2.00 e. The van der Waals surface area contributed by atoms with Gasteiger partial charge in [-0.15, -0.1) is 0 Å². The first-order chi connectivity index (χ1) is 0. The summed E-state index contributed by atoms with van der Waals surface area (Å²) in [5, 5.41) is 0. The van der Waals surface area contributed by atoms with Gasteiger partial charge < -0.3 is 21.9 Å². The van der Waals surface area contributed by atoms with E-state index in [0.717, 1.165) is 0 Å². The molecule has 0 atom stereocenters. The van der Waals surface area contributed by atoms with Gasteiger partial charge >= 0.3 is 17.1 Å². The van der Waals surface area contributed by atoms with E-state index in [9.17, 15) is 0 Å². The Hall–Kier alpha value is 0.359. The van der Waals surface area contributed by atoms with Gasteiger partial charge in [0.25, 0.3) is 0 Å². The average molecular weight is 121 g/mol. The van der Waals surface area contributed by atoms with E-state index in [1.54, 1.807) is 0 Å². The largest absolute Gasteiger partial charge is 6.00 e. The topological polar surface area (TPSA) is 117 Å². The normalized spacial score (nSPS) is 0. The van der Waals surface area contributed by atoms with Gasteiger partial charge in [-0.05, 0) is 0 Å². The predicted molar refractivity (Wildman–Crippen MR) is 5.24 cm³/mol. The van der Waals surface area contributed by atoms with Crippen molar-refractivity contribution in [2.75, 3.05) is 0 Å². The second kappa shape index (κ2) is 381. The van der Waals surface area contributed by atoms with Gasteiger partial charge in [0.2, 0.25) is 0 Å². The van der Waals surface area contributed by atoms with Gasteiger partial charge in [-0.1, -0.05) is 0 Å². The monoisotopic (exact) mass is 121 g/mol. The summed E-state index contributed by atoms with van der Waals surface area (Å²) in [6.07, 6.45) is 0. The molecule has 1 radical (unpaired) electrons. The molecule has 5 heteroatoms. The van der Waals surface area contributed by atoms with E-state index >= 15 is 0 Å². The van der Waals surface area contributed by atoms with Crippen molar-refractivity contribution in [1.29, 1.82) is 0 Å². The summed E-state index contributed by atoms with van der Waals surface area (Å²) in [4.78, 5) is 0. The van der Waals surface area contributed by atoms with Crippen molar-refractivity contribution in [1.82, 2.24) is 0 Å². The van der Waals surface area contributed by atoms with E-state index in [1.165, 1.54) is 0 Å². The van der Waals surface area contributed by atoms with Crippen molar-refractivity contribution in [3.8, 4) is 0 Å². The van der Waals surface area contributed by atoms with E-state index < -0.39 is 0 Å². The van der Waals surface area contributed by atoms with Crippen molar-refractivity contribution in [2.45, 2.75) is 0 Å². The van der Waals surface area contributed by atoms with E-state index in [1.807, 2.05) is 0 Å². The fourth-order valence-corrected chi connectivity index (χ4v) is 0. The van der Waals surface area contributed by atoms with Gasteiger partial charge in [0, 0.05) is 0 Å². The fraction of sp³-hybridized carbons (Fsp3) is 0. The first kappa shape index (κ1) is 788. The molecule has 0 saturated heterocycles. The van der Waals surface area contributed by atoms with Crippen LogP contribution >= 0.6 is 0 Å². The second-order valence-corrected chi connectivity index (χ2v) is 0. The molecule has 0 aromatic carbocycles. The van der Waals surface area contributed by atoms with Gasteiger partial charge in [-0.3, -0.25) is 0 Å². The zero-order valence-corrected chi connectivity index (χ0v) is 3.27. The molecule has 0 bridgehead atoms. The van der Waals surface area contributed by atoms with Crippen LogP contribution in [0.2, 0.25) is 0 Å². The number of hydrogen-bond acceptors (Lipinski definition) is 2. The Morgan fingerprint density at radius 3 is 0.600 bits per heavy atom. The smallest absolute Gasteiger partial charge is 2.00 e. The van der Waals surface area contributed by atoms with Gasteiger partial charge in [0.15, 0.2) is 0 Å². The Bertz CT molecular complexity index is 3.61. The summed E-state index contributed by atoms with van der Waals surface area (Å²) in [5.74, 6) is 0. The van der Waals surface area contributed by atoms with Crippen LogP contribution in [0.5, 0.6) is 0 Å². The molecule has 4 nitrogen and oxygen atoms in total. The molecule has 0 saturated carbocycles. The van der Waals surface area contributed by atoms with E-state index in [4.69, 9.17) is 0 Å². The third-order valence-corrected chi connectivity index (χ3v) is 0. The molecule has 0 fully saturated rings. The third-order valence-electron chi connectivity index (χ3n) is 0. The van der Waals surface area contributed by atoms with Crippen LogP contribution < -0.4 is 0 Å². The maximum atomic E-state index is 0. The van der Waals surface area contributed by atoms with Crippen LogP contribution in [0.15, 0.2) is 0 Å². The maximum absolute atomic E-state index is 0. The number of rotatable bonds is 0. The molecule has 0 heterocycles. The van der Waals surface area contributed by atoms with Crippen molar-refractivity contribution in [3.05, 3.63) is 0 Å². The van der Waals surface area contributed by atoms with Crippen molar-refractivity contribution in [2.24, 2.45) is 0 Å². The first-order valence-corrected chi connectivity index (χ1v) is 0. The van der Waals surface area contributed by atoms with Crippen LogP contribution in [0.3, 0.4) is 0 Å². The quantitative estimate of drug-likeness (QED) is 0.398. The molecule has 0 aliphatic heterocycles. The molecular formula is H2MnO4. The van der Waals surface area contributed by atoms with Crippen LogP contribution in [-0.4, -0.2) is 11.0 Å². The summed E-state index contributed by atoms with van der Waals surface area (Å²) in [6, 6.07) is 0. The molecule has 0 unspecified atom stereocenters. The minimum atomic E-state index is 0. The van der Waals surface area contributed by atoms with E-state index in [-0.39, 0.29) is 39.0 Å². The second-order valence-electron chi connectivity index (χ2n) is 0. The first-order valence-electron chi connectivity index (χ1n) is 0. The Kier molecular flexibility index (Phi) is 60000. The fourth-order valence-electron chi connectivity index (χ4n) is 0. The van der Waals surface area contributed by atoms with Crippen LogP contribution in [0, 0.1) is 0 Å².